The summed E-state index contributed by atoms with van der Waals surface area (Å²) >= 11 is 0. The number of rotatable bonds is 7. The number of anilines is 2. The summed E-state index contributed by atoms with van der Waals surface area (Å²) in [5.74, 6) is 1.07. The third-order valence-electron chi connectivity index (χ3n) is 4.82. The number of hydrogen-bond acceptors (Lipinski definition) is 6. The van der Waals surface area contributed by atoms with E-state index in [1.165, 1.54) is 19.3 Å². The van der Waals surface area contributed by atoms with E-state index in [1.54, 1.807) is 31.5 Å². The molecule has 27 heavy (non-hydrogen) atoms. The third kappa shape index (κ3) is 5.13. The van der Waals surface area contributed by atoms with E-state index in [0.717, 1.165) is 18.4 Å². The Morgan fingerprint density at radius 2 is 2.11 bits per heavy atom. The number of nitrogens with one attached hydrogen (secondary N) is 2. The lowest BCUT2D eigenvalue weighted by atomic mass is 9.95. The van der Waals surface area contributed by atoms with E-state index < -0.39 is 6.17 Å². The number of nitriles is 1. The van der Waals surface area contributed by atoms with Crippen LogP contribution in [0, 0.1) is 11.3 Å². The van der Waals surface area contributed by atoms with E-state index in [2.05, 4.69) is 31.7 Å². The van der Waals surface area contributed by atoms with Crippen LogP contribution in [0.5, 0.6) is 0 Å². The van der Waals surface area contributed by atoms with Crippen LogP contribution in [0.3, 0.4) is 0 Å². The van der Waals surface area contributed by atoms with Gasteiger partial charge >= 0.3 is 0 Å². The molecular formula is C20H25FN6. The minimum Gasteiger partial charge on any atom is -0.367 e. The molecule has 2 heterocycles. The van der Waals surface area contributed by atoms with Crippen LogP contribution >= 0.6 is 0 Å². The van der Waals surface area contributed by atoms with Crippen molar-refractivity contribution >= 4 is 11.8 Å². The maximum atomic E-state index is 13.5. The van der Waals surface area contributed by atoms with Crippen molar-refractivity contribution in [2.75, 3.05) is 17.2 Å². The second kappa shape index (κ2) is 9.26. The lowest BCUT2D eigenvalue weighted by Gasteiger charge is -2.24. The van der Waals surface area contributed by atoms with Gasteiger partial charge < -0.3 is 10.6 Å². The zero-order valence-electron chi connectivity index (χ0n) is 15.6. The van der Waals surface area contributed by atoms with Crippen molar-refractivity contribution in [3.05, 3.63) is 30.1 Å². The maximum absolute atomic E-state index is 13.5. The predicted octanol–water partition coefficient (Wildman–Crippen LogP) is 4.31. The Morgan fingerprint density at radius 3 is 2.85 bits per heavy atom. The molecule has 0 spiro atoms. The molecule has 3 rings (SSSR count). The first-order chi connectivity index (χ1) is 13.2. The fraction of sp³-hybridized carbons (Fsp3) is 0.500. The molecule has 1 aliphatic carbocycles. The molecular weight excluding hydrogens is 343 g/mol. The van der Waals surface area contributed by atoms with E-state index in [1.807, 2.05) is 0 Å². The quantitative estimate of drug-likeness (QED) is 0.757. The first kappa shape index (κ1) is 19.0. The van der Waals surface area contributed by atoms with Gasteiger partial charge in [0.15, 0.2) is 0 Å². The van der Waals surface area contributed by atoms with Gasteiger partial charge in [0.05, 0.1) is 22.9 Å². The van der Waals surface area contributed by atoms with Gasteiger partial charge in [-0.2, -0.15) is 10.2 Å². The van der Waals surface area contributed by atoms with E-state index >= 15 is 0 Å². The molecule has 0 aromatic carbocycles. The van der Waals surface area contributed by atoms with Crippen molar-refractivity contribution in [2.45, 2.75) is 57.7 Å². The van der Waals surface area contributed by atoms with Crippen molar-refractivity contribution in [1.29, 1.82) is 5.26 Å². The molecule has 142 valence electrons. The first-order valence-electron chi connectivity index (χ1n) is 9.57. The van der Waals surface area contributed by atoms with Crippen molar-refractivity contribution < 1.29 is 4.39 Å². The summed E-state index contributed by atoms with van der Waals surface area (Å²) in [5, 5.41) is 15.6. The van der Waals surface area contributed by atoms with E-state index in [4.69, 9.17) is 5.26 Å². The number of nitrogens with zero attached hydrogens (tertiary/aromatic N) is 4. The molecule has 2 aromatic rings. The molecule has 1 saturated carbocycles. The fourth-order valence-electron chi connectivity index (χ4n) is 3.20. The van der Waals surface area contributed by atoms with Crippen LogP contribution in [-0.2, 0) is 0 Å². The standard InChI is InChI=1S/C20H25FN6/c1-2-15(21)12-24-20-25-13-17(18-10-14(11-22)8-9-23-18)19(27-20)26-16-6-4-3-5-7-16/h8-10,13,15-16H,2-7,12H2,1H3,(H2,24,25,26,27). The van der Waals surface area contributed by atoms with Gasteiger partial charge in [-0.3, -0.25) is 4.98 Å². The lowest BCUT2D eigenvalue weighted by Crippen LogP contribution is -2.24. The zero-order chi connectivity index (χ0) is 19.1. The molecule has 7 heteroatoms. The monoisotopic (exact) mass is 368 g/mol. The molecule has 6 nitrogen and oxygen atoms in total. The number of alkyl halides is 1. The minimum atomic E-state index is -0.933. The largest absolute Gasteiger partial charge is 0.367 e. The molecule has 1 atom stereocenters. The van der Waals surface area contributed by atoms with Gasteiger partial charge in [0.1, 0.15) is 12.0 Å². The van der Waals surface area contributed by atoms with Crippen LogP contribution in [0.2, 0.25) is 0 Å². The van der Waals surface area contributed by atoms with Crippen LogP contribution in [0.1, 0.15) is 51.0 Å². The van der Waals surface area contributed by atoms with Gasteiger partial charge in [-0.15, -0.1) is 0 Å². The number of pyridine rings is 1. The Hall–Kier alpha value is -2.75. The molecule has 0 bridgehead atoms. The summed E-state index contributed by atoms with van der Waals surface area (Å²) in [6, 6.07) is 5.88. The predicted molar refractivity (Wildman–Crippen MR) is 104 cm³/mol. The summed E-state index contributed by atoms with van der Waals surface area (Å²) in [4.78, 5) is 13.3. The highest BCUT2D eigenvalue weighted by Gasteiger charge is 2.18. The van der Waals surface area contributed by atoms with E-state index in [9.17, 15) is 4.39 Å². The summed E-state index contributed by atoms with van der Waals surface area (Å²) in [6.45, 7) is 1.99. The molecule has 1 fully saturated rings. The van der Waals surface area contributed by atoms with E-state index in [0.29, 0.717) is 35.5 Å². The van der Waals surface area contributed by atoms with Crippen molar-refractivity contribution in [2.24, 2.45) is 0 Å². The van der Waals surface area contributed by atoms with Crippen molar-refractivity contribution in [3.63, 3.8) is 0 Å². The Labute approximate surface area is 159 Å². The minimum absolute atomic E-state index is 0.181. The third-order valence-corrected chi connectivity index (χ3v) is 4.82. The molecule has 2 aromatic heterocycles. The van der Waals surface area contributed by atoms with Crippen molar-refractivity contribution in [1.82, 2.24) is 15.0 Å². The Bertz CT molecular complexity index is 797. The Kier molecular flexibility index (Phi) is 6.53. The van der Waals surface area contributed by atoms with Gasteiger partial charge in [0, 0.05) is 25.0 Å². The SMILES string of the molecule is CCC(F)CNc1ncc(-c2cc(C#N)ccn2)c(NC2CCCCC2)n1. The van der Waals surface area contributed by atoms with Crippen LogP contribution in [-0.4, -0.2) is 33.7 Å². The highest BCUT2D eigenvalue weighted by molar-refractivity contribution is 5.73. The van der Waals surface area contributed by atoms with Gasteiger partial charge in [-0.1, -0.05) is 26.2 Å². The topological polar surface area (TPSA) is 86.5 Å². The molecule has 1 unspecified atom stereocenters. The average Bonchev–Trinajstić information content (AvgIpc) is 2.73. The number of aromatic nitrogens is 3. The van der Waals surface area contributed by atoms with Gasteiger partial charge in [0.25, 0.3) is 0 Å². The number of hydrogen-bond donors (Lipinski definition) is 2. The molecule has 0 radical (unpaired) electrons. The second-order valence-electron chi connectivity index (χ2n) is 6.86. The van der Waals surface area contributed by atoms with E-state index in [-0.39, 0.29) is 6.54 Å². The molecule has 0 aliphatic heterocycles. The van der Waals surface area contributed by atoms with Gasteiger partial charge in [-0.05, 0) is 31.4 Å². The lowest BCUT2D eigenvalue weighted by molar-refractivity contribution is 0.340. The van der Waals surface area contributed by atoms with Gasteiger partial charge in [0.2, 0.25) is 5.95 Å². The Morgan fingerprint density at radius 1 is 1.30 bits per heavy atom. The van der Waals surface area contributed by atoms with Gasteiger partial charge in [-0.25, -0.2) is 9.37 Å². The fourth-order valence-corrected chi connectivity index (χ4v) is 3.20. The molecule has 2 N–H and O–H groups in total. The maximum Gasteiger partial charge on any atom is 0.224 e. The van der Waals surface area contributed by atoms with Crippen LogP contribution in [0.4, 0.5) is 16.2 Å². The average molecular weight is 368 g/mol. The highest BCUT2D eigenvalue weighted by atomic mass is 19.1. The summed E-state index contributed by atoms with van der Waals surface area (Å²) in [6.07, 6.45) is 8.67. The molecule has 0 saturated heterocycles. The highest BCUT2D eigenvalue weighted by Crippen LogP contribution is 2.29. The molecule has 0 amide bonds. The normalized spacial score (nSPS) is 15.7. The summed E-state index contributed by atoms with van der Waals surface area (Å²) in [7, 11) is 0. The smallest absolute Gasteiger partial charge is 0.224 e. The first-order valence-corrected chi connectivity index (χ1v) is 9.57. The van der Waals surface area contributed by atoms with Crippen LogP contribution < -0.4 is 10.6 Å². The van der Waals surface area contributed by atoms with Crippen LogP contribution in [0.15, 0.2) is 24.5 Å². The number of halogens is 1. The Balaban J connectivity index is 1.89. The zero-order valence-corrected chi connectivity index (χ0v) is 15.6. The summed E-state index contributed by atoms with van der Waals surface area (Å²) in [5.41, 5.74) is 1.93. The van der Waals surface area contributed by atoms with Crippen LogP contribution in [0.25, 0.3) is 11.3 Å². The second-order valence-corrected chi connectivity index (χ2v) is 6.86. The summed E-state index contributed by atoms with van der Waals surface area (Å²) < 4.78 is 13.5. The molecule has 1 aliphatic rings. The van der Waals surface area contributed by atoms with Crippen molar-refractivity contribution in [3.8, 4) is 17.3 Å².